The molecule has 0 radical (unpaired) electrons. The molecular weight excluding hydrogens is 359 g/mol. The fourth-order valence-electron chi connectivity index (χ4n) is 2.59. The molecule has 118 valence electrons. The molecule has 0 spiro atoms. The Morgan fingerprint density at radius 2 is 1.12 bits per heavy atom. The van der Waals surface area contributed by atoms with Gasteiger partial charge in [-0.15, -0.1) is 0 Å². The zero-order valence-corrected chi connectivity index (χ0v) is 17.7. The predicted molar refractivity (Wildman–Crippen MR) is 95.2 cm³/mol. The number of rotatable bonds is 4. The van der Waals surface area contributed by atoms with E-state index in [-0.39, 0.29) is 56.4 Å². The molecule has 2 nitrogen and oxygen atoms in total. The van der Waals surface area contributed by atoms with E-state index in [9.17, 15) is 9.90 Å². The van der Waals surface area contributed by atoms with Gasteiger partial charge in [0, 0.05) is 5.57 Å². The minimum absolute atomic E-state index is 0. The quantitative estimate of drug-likeness (QED) is 0.508. The van der Waals surface area contributed by atoms with Gasteiger partial charge in [0.1, 0.15) is 0 Å². The molecule has 0 amide bonds. The van der Waals surface area contributed by atoms with Crippen LogP contribution in [0.25, 0.3) is 16.7 Å². The van der Waals surface area contributed by atoms with E-state index < -0.39 is 5.97 Å². The predicted octanol–water partition coefficient (Wildman–Crippen LogP) is 1.11. The van der Waals surface area contributed by atoms with Crippen LogP contribution in [0.15, 0.2) is 90.0 Å². The largest absolute Gasteiger partial charge is 1.00 e. The number of carboxylic acids is 1. The number of halogens is 1. The van der Waals surface area contributed by atoms with Crippen LogP contribution in [-0.4, -0.2) is 5.97 Å². The van der Waals surface area contributed by atoms with E-state index in [1.54, 1.807) is 0 Å². The summed E-state index contributed by atoms with van der Waals surface area (Å²) in [6, 6.07) is 26.8. The van der Waals surface area contributed by atoms with Crippen molar-refractivity contribution in [1.82, 2.24) is 0 Å². The molecule has 0 aromatic heterocycles. The van der Waals surface area contributed by atoms with Gasteiger partial charge in [0.15, 0.2) is 0 Å². The van der Waals surface area contributed by atoms with Crippen LogP contribution in [-0.2, 0) is 4.79 Å². The van der Waals surface area contributed by atoms with Gasteiger partial charge in [-0.1, -0.05) is 96.5 Å². The fourth-order valence-corrected chi connectivity index (χ4v) is 2.81. The molecule has 0 saturated heterocycles. The summed E-state index contributed by atoms with van der Waals surface area (Å²) in [7, 11) is 0. The molecule has 0 unspecified atom stereocenters. The van der Waals surface area contributed by atoms with Gasteiger partial charge in [0.2, 0.25) is 0 Å². The first-order chi connectivity index (χ1) is 11.7. The van der Waals surface area contributed by atoms with Gasteiger partial charge in [-0.05, 0) is 22.3 Å². The van der Waals surface area contributed by atoms with Crippen LogP contribution in [0.4, 0.5) is 0 Å². The van der Waals surface area contributed by atoms with Gasteiger partial charge in [-0.3, -0.25) is 0 Å². The maximum absolute atomic E-state index is 11.3. The van der Waals surface area contributed by atoms with Crippen molar-refractivity contribution in [2.75, 3.05) is 0 Å². The fraction of sp³-hybridized carbons (Fsp3) is 0. The monoisotopic (exact) mass is 372 g/mol. The van der Waals surface area contributed by atoms with Crippen molar-refractivity contribution in [3.8, 4) is 11.1 Å². The standard InChI is InChI=1S/C21H15ClO2.K/c22-20(21(23)24)19(17-9-5-2-6-10-17)18-13-11-16(12-14-18)15-7-3-1-4-8-15;/h1-14H,(H,23,24);/q;+1/p-1/b20-19+;. The SMILES string of the molecule is O=C([O-])/C(Cl)=C(/c1ccccc1)c1ccc(-c2ccccc2)cc1.[K+]. The molecule has 3 rings (SSSR count). The zero-order chi connectivity index (χ0) is 16.9. The minimum Gasteiger partial charge on any atom is -0.544 e. The van der Waals surface area contributed by atoms with E-state index in [0.29, 0.717) is 5.57 Å². The van der Waals surface area contributed by atoms with Crippen LogP contribution < -0.4 is 56.5 Å². The number of carboxylic acid groups (broad SMARTS) is 1. The Hall–Kier alpha value is -1.20. The first-order valence-corrected chi connectivity index (χ1v) is 7.87. The molecule has 0 atom stereocenters. The molecule has 0 N–H and O–H groups in total. The molecular formula is C21H14ClKO2. The maximum Gasteiger partial charge on any atom is 1.00 e. The summed E-state index contributed by atoms with van der Waals surface area (Å²) in [5, 5.41) is 11.0. The van der Waals surface area contributed by atoms with Gasteiger partial charge in [-0.2, -0.15) is 0 Å². The van der Waals surface area contributed by atoms with Gasteiger partial charge in [0.05, 0.1) is 11.0 Å². The van der Waals surface area contributed by atoms with Crippen molar-refractivity contribution in [3.63, 3.8) is 0 Å². The minimum atomic E-state index is -1.39. The van der Waals surface area contributed by atoms with Crippen molar-refractivity contribution in [3.05, 3.63) is 101 Å². The molecule has 0 aliphatic heterocycles. The van der Waals surface area contributed by atoms with E-state index in [2.05, 4.69) is 0 Å². The second kappa shape index (κ2) is 9.48. The first kappa shape index (κ1) is 20.1. The molecule has 0 bridgehead atoms. The van der Waals surface area contributed by atoms with Crippen molar-refractivity contribution in [2.24, 2.45) is 0 Å². The smallest absolute Gasteiger partial charge is 0.544 e. The maximum atomic E-state index is 11.3. The molecule has 25 heavy (non-hydrogen) atoms. The van der Waals surface area contributed by atoms with Crippen LogP contribution in [0, 0.1) is 0 Å². The van der Waals surface area contributed by atoms with Crippen molar-refractivity contribution in [2.45, 2.75) is 0 Å². The van der Waals surface area contributed by atoms with Crippen LogP contribution in [0.2, 0.25) is 0 Å². The van der Waals surface area contributed by atoms with Gasteiger partial charge in [0.25, 0.3) is 0 Å². The topological polar surface area (TPSA) is 40.1 Å². The number of carbonyl (C=O) groups is 1. The number of aliphatic carboxylic acids is 1. The van der Waals surface area contributed by atoms with Crippen LogP contribution in [0.3, 0.4) is 0 Å². The second-order valence-corrected chi connectivity index (χ2v) is 5.66. The van der Waals surface area contributed by atoms with Gasteiger partial charge >= 0.3 is 51.4 Å². The van der Waals surface area contributed by atoms with Crippen molar-refractivity contribution < 1.29 is 61.3 Å². The molecule has 0 heterocycles. The number of hydrogen-bond donors (Lipinski definition) is 0. The third kappa shape index (κ3) is 4.91. The second-order valence-electron chi connectivity index (χ2n) is 5.29. The van der Waals surface area contributed by atoms with Gasteiger partial charge in [-0.25, -0.2) is 0 Å². The molecule has 0 aliphatic carbocycles. The Morgan fingerprint density at radius 3 is 1.64 bits per heavy atom. The molecule has 0 fully saturated rings. The average Bonchev–Trinajstić information content (AvgIpc) is 2.64. The molecule has 3 aromatic carbocycles. The van der Waals surface area contributed by atoms with Crippen molar-refractivity contribution >= 4 is 23.1 Å². The Kier molecular flexibility index (Phi) is 7.63. The van der Waals surface area contributed by atoms with E-state index in [1.165, 1.54) is 0 Å². The number of benzene rings is 3. The van der Waals surface area contributed by atoms with E-state index >= 15 is 0 Å². The average molecular weight is 373 g/mol. The summed E-state index contributed by atoms with van der Waals surface area (Å²) in [4.78, 5) is 11.3. The van der Waals surface area contributed by atoms with Crippen LogP contribution in [0.1, 0.15) is 11.1 Å². The summed E-state index contributed by atoms with van der Waals surface area (Å²) in [5.74, 6) is -1.39. The summed E-state index contributed by atoms with van der Waals surface area (Å²) in [6.45, 7) is 0. The summed E-state index contributed by atoms with van der Waals surface area (Å²) >= 11 is 6.03. The summed E-state index contributed by atoms with van der Waals surface area (Å²) in [5.41, 5.74) is 4.07. The van der Waals surface area contributed by atoms with Crippen molar-refractivity contribution in [1.29, 1.82) is 0 Å². The van der Waals surface area contributed by atoms with E-state index in [1.807, 2.05) is 84.9 Å². The Labute approximate surface area is 194 Å². The Morgan fingerprint density at radius 1 is 0.680 bits per heavy atom. The zero-order valence-electron chi connectivity index (χ0n) is 13.8. The first-order valence-electron chi connectivity index (χ1n) is 7.49. The third-order valence-corrected chi connectivity index (χ3v) is 4.09. The number of hydrogen-bond acceptors (Lipinski definition) is 2. The molecule has 0 saturated carbocycles. The Bertz CT molecular complexity index is 873. The summed E-state index contributed by atoms with van der Waals surface area (Å²) in [6.07, 6.45) is 0. The van der Waals surface area contributed by atoms with E-state index in [4.69, 9.17) is 11.6 Å². The Balaban J connectivity index is 0.00000225. The summed E-state index contributed by atoms with van der Waals surface area (Å²) < 4.78 is 0. The van der Waals surface area contributed by atoms with Crippen LogP contribution in [0.5, 0.6) is 0 Å². The third-order valence-electron chi connectivity index (χ3n) is 3.74. The van der Waals surface area contributed by atoms with Gasteiger partial charge < -0.3 is 9.90 Å². The molecule has 0 aliphatic rings. The molecule has 4 heteroatoms. The molecule has 3 aromatic rings. The van der Waals surface area contributed by atoms with E-state index in [0.717, 1.165) is 22.3 Å². The number of carbonyl (C=O) groups excluding carboxylic acids is 1. The normalized spacial score (nSPS) is 11.2. The van der Waals surface area contributed by atoms with Crippen LogP contribution >= 0.6 is 11.6 Å².